The van der Waals surface area contributed by atoms with E-state index in [0.29, 0.717) is 19.1 Å². The van der Waals surface area contributed by atoms with Gasteiger partial charge in [-0.05, 0) is 25.0 Å². The number of aromatic nitrogens is 3. The van der Waals surface area contributed by atoms with Gasteiger partial charge in [0.05, 0.1) is 37.7 Å². The van der Waals surface area contributed by atoms with E-state index in [1.165, 1.54) is 0 Å². The molecule has 0 radical (unpaired) electrons. The van der Waals surface area contributed by atoms with E-state index in [1.54, 1.807) is 19.6 Å². The third-order valence-corrected chi connectivity index (χ3v) is 5.20. The Hall–Kier alpha value is -2.25. The lowest BCUT2D eigenvalue weighted by Gasteiger charge is -2.39. The second kappa shape index (κ2) is 7.55. The number of rotatable bonds is 5. The van der Waals surface area contributed by atoms with Gasteiger partial charge in [-0.2, -0.15) is 0 Å². The largest absolute Gasteiger partial charge is 0.481 e. The number of methoxy groups -OCH3 is 1. The highest BCUT2D eigenvalue weighted by molar-refractivity contribution is 5.41. The van der Waals surface area contributed by atoms with Gasteiger partial charge in [-0.1, -0.05) is 6.07 Å². The fourth-order valence-corrected chi connectivity index (χ4v) is 3.70. The highest BCUT2D eigenvalue weighted by Gasteiger charge is 2.43. The normalized spacial score (nSPS) is 21.9. The molecule has 4 rings (SSSR count). The van der Waals surface area contributed by atoms with Crippen molar-refractivity contribution in [2.75, 3.05) is 31.7 Å². The molecule has 2 aliphatic rings. The molecule has 0 aromatic carbocycles. The number of anilines is 1. The highest BCUT2D eigenvalue weighted by Crippen LogP contribution is 2.38. The monoisotopic (exact) mass is 356 g/mol. The minimum atomic E-state index is -0.0671. The van der Waals surface area contributed by atoms with Crippen LogP contribution in [0, 0.1) is 0 Å². The first-order valence-corrected chi connectivity index (χ1v) is 9.03. The molecule has 7 heteroatoms. The summed E-state index contributed by atoms with van der Waals surface area (Å²) in [4.78, 5) is 15.0. The predicted molar refractivity (Wildman–Crippen MR) is 96.1 cm³/mol. The second-order valence-electron chi connectivity index (χ2n) is 6.86. The van der Waals surface area contributed by atoms with E-state index in [1.807, 2.05) is 24.3 Å². The van der Waals surface area contributed by atoms with E-state index in [0.717, 1.165) is 43.9 Å². The molecular weight excluding hydrogens is 332 g/mol. The first-order valence-electron chi connectivity index (χ1n) is 9.03. The summed E-state index contributed by atoms with van der Waals surface area (Å²) in [6.45, 7) is 3.02. The molecule has 0 bridgehead atoms. The van der Waals surface area contributed by atoms with Crippen molar-refractivity contribution in [3.8, 4) is 5.88 Å². The van der Waals surface area contributed by atoms with Crippen LogP contribution >= 0.6 is 0 Å². The average molecular weight is 356 g/mol. The molecule has 26 heavy (non-hydrogen) atoms. The van der Waals surface area contributed by atoms with Gasteiger partial charge in [-0.15, -0.1) is 0 Å². The van der Waals surface area contributed by atoms with Gasteiger partial charge in [0.15, 0.2) is 0 Å². The molecule has 1 spiro atoms. The summed E-state index contributed by atoms with van der Waals surface area (Å²) in [5.41, 5.74) is 0.892. The van der Waals surface area contributed by atoms with Crippen LogP contribution in [0.2, 0.25) is 0 Å². The Balaban J connectivity index is 1.30. The lowest BCUT2D eigenvalue weighted by atomic mass is 9.88. The number of hydrogen-bond donors (Lipinski definition) is 0. The molecule has 2 aromatic heterocycles. The molecule has 2 saturated heterocycles. The van der Waals surface area contributed by atoms with E-state index >= 15 is 0 Å². The summed E-state index contributed by atoms with van der Waals surface area (Å²) in [5.74, 6) is 1.50. The summed E-state index contributed by atoms with van der Waals surface area (Å²) >= 11 is 0. The Labute approximate surface area is 153 Å². The number of pyridine rings is 1. The molecule has 4 heterocycles. The van der Waals surface area contributed by atoms with Crippen molar-refractivity contribution >= 4 is 5.82 Å². The van der Waals surface area contributed by atoms with E-state index in [9.17, 15) is 0 Å². The SMILES string of the molecule is COc1cc(N2CCC3(CC2)C[C@@H](OCc2ccccn2)CO3)ncn1. The zero-order valence-corrected chi connectivity index (χ0v) is 15.0. The Morgan fingerprint density at radius 2 is 2.12 bits per heavy atom. The van der Waals surface area contributed by atoms with Crippen LogP contribution in [0.25, 0.3) is 0 Å². The molecular formula is C19H24N4O3. The third-order valence-electron chi connectivity index (χ3n) is 5.20. The molecule has 0 unspecified atom stereocenters. The van der Waals surface area contributed by atoms with Gasteiger partial charge < -0.3 is 19.1 Å². The molecule has 0 N–H and O–H groups in total. The summed E-state index contributed by atoms with van der Waals surface area (Å²) in [5, 5.41) is 0. The van der Waals surface area contributed by atoms with Crippen LogP contribution < -0.4 is 9.64 Å². The molecule has 0 amide bonds. The van der Waals surface area contributed by atoms with Gasteiger partial charge in [0, 0.05) is 31.8 Å². The van der Waals surface area contributed by atoms with Gasteiger partial charge in [-0.25, -0.2) is 9.97 Å². The zero-order valence-electron chi connectivity index (χ0n) is 15.0. The highest BCUT2D eigenvalue weighted by atomic mass is 16.6. The van der Waals surface area contributed by atoms with Crippen LogP contribution in [0.1, 0.15) is 25.0 Å². The maximum atomic E-state index is 6.18. The van der Waals surface area contributed by atoms with Crippen LogP contribution in [0.5, 0.6) is 5.88 Å². The quantitative estimate of drug-likeness (QED) is 0.813. The number of piperidine rings is 1. The Morgan fingerprint density at radius 3 is 2.88 bits per heavy atom. The molecule has 7 nitrogen and oxygen atoms in total. The van der Waals surface area contributed by atoms with Crippen LogP contribution in [0.4, 0.5) is 5.82 Å². The molecule has 2 aromatic rings. The Bertz CT molecular complexity index is 720. The van der Waals surface area contributed by atoms with Gasteiger partial charge in [0.1, 0.15) is 12.1 Å². The van der Waals surface area contributed by atoms with Crippen molar-refractivity contribution in [1.29, 1.82) is 0 Å². The maximum Gasteiger partial charge on any atom is 0.218 e. The average Bonchev–Trinajstić information content (AvgIpc) is 3.10. The summed E-state index contributed by atoms with van der Waals surface area (Å²) in [6, 6.07) is 7.76. The first kappa shape index (κ1) is 17.2. The minimum Gasteiger partial charge on any atom is -0.481 e. The van der Waals surface area contributed by atoms with Crippen LogP contribution in [-0.4, -0.2) is 53.5 Å². The molecule has 2 fully saturated rings. The van der Waals surface area contributed by atoms with Gasteiger partial charge in [-0.3, -0.25) is 4.98 Å². The fraction of sp³-hybridized carbons (Fsp3) is 0.526. The molecule has 138 valence electrons. The van der Waals surface area contributed by atoms with Crippen molar-refractivity contribution in [2.24, 2.45) is 0 Å². The topological polar surface area (TPSA) is 69.6 Å². The summed E-state index contributed by atoms with van der Waals surface area (Å²) < 4.78 is 17.4. The van der Waals surface area contributed by atoms with E-state index in [-0.39, 0.29) is 11.7 Å². The lowest BCUT2D eigenvalue weighted by molar-refractivity contribution is -0.0205. The third kappa shape index (κ3) is 3.78. The molecule has 0 saturated carbocycles. The maximum absolute atomic E-state index is 6.18. The summed E-state index contributed by atoms with van der Waals surface area (Å²) in [7, 11) is 1.62. The van der Waals surface area contributed by atoms with Crippen molar-refractivity contribution in [3.63, 3.8) is 0 Å². The number of hydrogen-bond acceptors (Lipinski definition) is 7. The fourth-order valence-electron chi connectivity index (χ4n) is 3.70. The smallest absolute Gasteiger partial charge is 0.218 e. The van der Waals surface area contributed by atoms with Gasteiger partial charge in [0.2, 0.25) is 5.88 Å². The number of ether oxygens (including phenoxy) is 3. The van der Waals surface area contributed by atoms with Gasteiger partial charge in [0.25, 0.3) is 0 Å². The van der Waals surface area contributed by atoms with Crippen molar-refractivity contribution in [1.82, 2.24) is 15.0 Å². The Kier molecular flexibility index (Phi) is 4.99. The van der Waals surface area contributed by atoms with Gasteiger partial charge >= 0.3 is 0 Å². The lowest BCUT2D eigenvalue weighted by Crippen LogP contribution is -2.44. The van der Waals surface area contributed by atoms with E-state index < -0.39 is 0 Å². The van der Waals surface area contributed by atoms with Crippen LogP contribution in [-0.2, 0) is 16.1 Å². The number of nitrogens with zero attached hydrogens (tertiary/aromatic N) is 4. The zero-order chi connectivity index (χ0) is 17.8. The Morgan fingerprint density at radius 1 is 1.23 bits per heavy atom. The van der Waals surface area contributed by atoms with Crippen LogP contribution in [0.15, 0.2) is 36.8 Å². The first-order chi connectivity index (χ1) is 12.8. The van der Waals surface area contributed by atoms with Crippen LogP contribution in [0.3, 0.4) is 0 Å². The van der Waals surface area contributed by atoms with E-state index in [4.69, 9.17) is 14.2 Å². The van der Waals surface area contributed by atoms with E-state index in [2.05, 4.69) is 19.9 Å². The molecule has 1 atom stereocenters. The minimum absolute atomic E-state index is 0.0671. The molecule has 0 aliphatic carbocycles. The van der Waals surface area contributed by atoms with Crippen molar-refractivity contribution in [2.45, 2.75) is 37.6 Å². The second-order valence-corrected chi connectivity index (χ2v) is 6.86. The van der Waals surface area contributed by atoms with Crippen molar-refractivity contribution in [3.05, 3.63) is 42.5 Å². The standard InChI is InChI=1S/C19H24N4O3/c1-24-18-10-17(21-14-22-18)23-8-5-19(6-9-23)11-16(13-26-19)25-12-15-4-2-3-7-20-15/h2-4,7,10,14,16H,5-6,8-9,11-13H2,1H3/t16-/m1/s1. The molecule has 2 aliphatic heterocycles. The predicted octanol–water partition coefficient (Wildman–Crippen LogP) is 2.22. The summed E-state index contributed by atoms with van der Waals surface area (Å²) in [6.07, 6.45) is 6.38. The van der Waals surface area contributed by atoms with Crippen molar-refractivity contribution < 1.29 is 14.2 Å².